The molecule has 1 atom stereocenters. The van der Waals surface area contributed by atoms with Crippen LogP contribution < -0.4 is 11.3 Å². The van der Waals surface area contributed by atoms with E-state index in [1.165, 1.54) is 49.8 Å². The van der Waals surface area contributed by atoms with Crippen LogP contribution in [0, 0.1) is 5.92 Å². The molecule has 0 radical (unpaired) electrons. The van der Waals surface area contributed by atoms with Gasteiger partial charge in [0.15, 0.2) is 0 Å². The first kappa shape index (κ1) is 14.0. The standard InChI is InChI=1S/C15H26N2S/c1-3-11(4-2)15(17-16)14-10-12-8-6-5-7-9-13(12)18-14/h10-11,15,17H,3-9,16H2,1-2H3. The predicted octanol–water partition coefficient (Wildman–Crippen LogP) is 3.96. The number of aryl methyl sites for hydroxylation is 2. The Bertz CT molecular complexity index is 345. The van der Waals surface area contributed by atoms with E-state index in [1.807, 2.05) is 11.3 Å². The lowest BCUT2D eigenvalue weighted by molar-refractivity contribution is 0.350. The summed E-state index contributed by atoms with van der Waals surface area (Å²) in [6.45, 7) is 4.52. The lowest BCUT2D eigenvalue weighted by Crippen LogP contribution is -2.32. The van der Waals surface area contributed by atoms with Crippen LogP contribution in [-0.4, -0.2) is 0 Å². The van der Waals surface area contributed by atoms with Crippen molar-refractivity contribution in [3.8, 4) is 0 Å². The van der Waals surface area contributed by atoms with E-state index in [0.29, 0.717) is 12.0 Å². The summed E-state index contributed by atoms with van der Waals surface area (Å²) in [6.07, 6.45) is 9.03. The summed E-state index contributed by atoms with van der Waals surface area (Å²) in [5.74, 6) is 6.45. The highest BCUT2D eigenvalue weighted by atomic mass is 32.1. The zero-order valence-electron chi connectivity index (χ0n) is 11.7. The first-order valence-electron chi connectivity index (χ1n) is 7.37. The molecule has 0 saturated heterocycles. The van der Waals surface area contributed by atoms with Gasteiger partial charge in [0, 0.05) is 9.75 Å². The monoisotopic (exact) mass is 266 g/mol. The molecule has 0 amide bonds. The Kier molecular flexibility index (Phi) is 5.22. The van der Waals surface area contributed by atoms with Crippen LogP contribution >= 0.6 is 11.3 Å². The fraction of sp³-hybridized carbons (Fsp3) is 0.733. The number of nitrogens with two attached hydrogens (primary N) is 1. The van der Waals surface area contributed by atoms with Crippen LogP contribution in [0.5, 0.6) is 0 Å². The van der Waals surface area contributed by atoms with Crippen LogP contribution in [-0.2, 0) is 12.8 Å². The van der Waals surface area contributed by atoms with Crippen molar-refractivity contribution in [2.75, 3.05) is 0 Å². The zero-order valence-corrected chi connectivity index (χ0v) is 12.5. The minimum atomic E-state index is 0.344. The normalized spacial score (nSPS) is 17.6. The Hall–Kier alpha value is -0.380. The fourth-order valence-corrected chi connectivity index (χ4v) is 4.47. The number of hydrogen-bond donors (Lipinski definition) is 2. The molecule has 2 nitrogen and oxygen atoms in total. The number of rotatable bonds is 5. The van der Waals surface area contributed by atoms with E-state index in [2.05, 4.69) is 25.3 Å². The van der Waals surface area contributed by atoms with Gasteiger partial charge in [-0.05, 0) is 43.2 Å². The molecule has 0 saturated carbocycles. The minimum absolute atomic E-state index is 0.344. The third-order valence-corrected chi connectivity index (χ3v) is 5.59. The molecule has 102 valence electrons. The van der Waals surface area contributed by atoms with Gasteiger partial charge in [0.2, 0.25) is 0 Å². The summed E-state index contributed by atoms with van der Waals surface area (Å²) in [4.78, 5) is 3.08. The number of fused-ring (bicyclic) bond motifs is 1. The van der Waals surface area contributed by atoms with E-state index < -0.39 is 0 Å². The molecule has 1 aromatic heterocycles. The van der Waals surface area contributed by atoms with Gasteiger partial charge in [-0.15, -0.1) is 11.3 Å². The maximum absolute atomic E-state index is 5.80. The van der Waals surface area contributed by atoms with E-state index in [-0.39, 0.29) is 0 Å². The molecule has 1 aromatic rings. The van der Waals surface area contributed by atoms with Crippen LogP contribution in [0.2, 0.25) is 0 Å². The number of hydrazine groups is 1. The van der Waals surface area contributed by atoms with Crippen molar-refractivity contribution in [1.29, 1.82) is 0 Å². The van der Waals surface area contributed by atoms with Gasteiger partial charge in [-0.25, -0.2) is 0 Å². The van der Waals surface area contributed by atoms with Gasteiger partial charge in [0.25, 0.3) is 0 Å². The van der Waals surface area contributed by atoms with Crippen molar-refractivity contribution >= 4 is 11.3 Å². The Labute approximate surface area is 115 Å². The molecule has 1 aliphatic rings. The van der Waals surface area contributed by atoms with Crippen LogP contribution in [0.1, 0.15) is 67.3 Å². The summed E-state index contributed by atoms with van der Waals surface area (Å²) in [7, 11) is 0. The van der Waals surface area contributed by atoms with Gasteiger partial charge in [-0.2, -0.15) is 0 Å². The van der Waals surface area contributed by atoms with Crippen molar-refractivity contribution in [2.45, 2.75) is 64.8 Å². The molecule has 1 aliphatic carbocycles. The van der Waals surface area contributed by atoms with Gasteiger partial charge < -0.3 is 0 Å². The van der Waals surface area contributed by atoms with Crippen molar-refractivity contribution in [2.24, 2.45) is 11.8 Å². The molecule has 3 heteroatoms. The highest BCUT2D eigenvalue weighted by molar-refractivity contribution is 7.12. The Balaban J connectivity index is 2.21. The van der Waals surface area contributed by atoms with Gasteiger partial charge in [0.1, 0.15) is 0 Å². The highest BCUT2D eigenvalue weighted by Gasteiger charge is 2.23. The van der Waals surface area contributed by atoms with E-state index in [9.17, 15) is 0 Å². The van der Waals surface area contributed by atoms with E-state index in [0.717, 1.165) is 0 Å². The summed E-state index contributed by atoms with van der Waals surface area (Å²) in [6, 6.07) is 2.77. The average molecular weight is 266 g/mol. The Morgan fingerprint density at radius 2 is 1.94 bits per heavy atom. The summed E-state index contributed by atoms with van der Waals surface area (Å²) in [5, 5.41) is 0. The summed E-state index contributed by atoms with van der Waals surface area (Å²) in [5.41, 5.74) is 4.65. The highest BCUT2D eigenvalue weighted by Crippen LogP contribution is 2.36. The number of hydrogen-bond acceptors (Lipinski definition) is 3. The molecule has 0 spiro atoms. The Morgan fingerprint density at radius 1 is 1.22 bits per heavy atom. The van der Waals surface area contributed by atoms with Crippen molar-refractivity contribution in [1.82, 2.24) is 5.43 Å². The maximum Gasteiger partial charge on any atom is 0.0581 e. The second kappa shape index (κ2) is 6.69. The molecule has 1 heterocycles. The predicted molar refractivity (Wildman–Crippen MR) is 79.7 cm³/mol. The van der Waals surface area contributed by atoms with Crippen LogP contribution in [0.3, 0.4) is 0 Å². The quantitative estimate of drug-likeness (QED) is 0.481. The van der Waals surface area contributed by atoms with Crippen LogP contribution in [0.4, 0.5) is 0 Å². The van der Waals surface area contributed by atoms with Gasteiger partial charge in [0.05, 0.1) is 6.04 Å². The maximum atomic E-state index is 5.80. The van der Waals surface area contributed by atoms with Crippen LogP contribution in [0.25, 0.3) is 0 Å². The Morgan fingerprint density at radius 3 is 2.61 bits per heavy atom. The molecular formula is C15H26N2S. The first-order chi connectivity index (χ1) is 8.80. The third-order valence-electron chi connectivity index (χ3n) is 4.27. The second-order valence-electron chi connectivity index (χ2n) is 5.38. The lowest BCUT2D eigenvalue weighted by atomic mass is 9.93. The molecule has 0 aliphatic heterocycles. The van der Waals surface area contributed by atoms with Gasteiger partial charge in [-0.3, -0.25) is 11.3 Å². The van der Waals surface area contributed by atoms with Crippen molar-refractivity contribution in [3.05, 3.63) is 21.4 Å². The number of nitrogens with one attached hydrogen (secondary N) is 1. The largest absolute Gasteiger partial charge is 0.271 e. The minimum Gasteiger partial charge on any atom is -0.271 e. The summed E-state index contributed by atoms with van der Waals surface area (Å²) >= 11 is 2.00. The number of thiophene rings is 1. The topological polar surface area (TPSA) is 38.0 Å². The average Bonchev–Trinajstić information content (AvgIpc) is 2.66. The fourth-order valence-electron chi connectivity index (χ4n) is 3.05. The van der Waals surface area contributed by atoms with Gasteiger partial charge >= 0.3 is 0 Å². The lowest BCUT2D eigenvalue weighted by Gasteiger charge is -2.23. The molecule has 2 rings (SSSR count). The third kappa shape index (κ3) is 2.95. The SMILES string of the molecule is CCC(CC)C(NN)c1cc2c(s1)CCCCC2. The smallest absolute Gasteiger partial charge is 0.0581 e. The summed E-state index contributed by atoms with van der Waals surface area (Å²) < 4.78 is 0. The molecule has 0 bridgehead atoms. The van der Waals surface area contributed by atoms with Crippen molar-refractivity contribution in [3.63, 3.8) is 0 Å². The van der Waals surface area contributed by atoms with E-state index in [1.54, 1.807) is 10.4 Å². The molecular weight excluding hydrogens is 240 g/mol. The molecule has 18 heavy (non-hydrogen) atoms. The van der Waals surface area contributed by atoms with Crippen molar-refractivity contribution < 1.29 is 0 Å². The molecule has 0 fully saturated rings. The molecule has 3 N–H and O–H groups in total. The van der Waals surface area contributed by atoms with Gasteiger partial charge in [-0.1, -0.05) is 33.1 Å². The first-order valence-corrected chi connectivity index (χ1v) is 8.19. The second-order valence-corrected chi connectivity index (χ2v) is 6.55. The molecule has 0 aromatic carbocycles. The van der Waals surface area contributed by atoms with E-state index in [4.69, 9.17) is 5.84 Å². The zero-order chi connectivity index (χ0) is 13.0. The van der Waals surface area contributed by atoms with Crippen LogP contribution in [0.15, 0.2) is 6.07 Å². The molecule has 1 unspecified atom stereocenters. The van der Waals surface area contributed by atoms with E-state index >= 15 is 0 Å².